The highest BCUT2D eigenvalue weighted by Gasteiger charge is 2.22. The number of nitrogens with one attached hydrogen (secondary N) is 2. The first-order valence-electron chi connectivity index (χ1n) is 12.5. The fraction of sp³-hybridized carbons (Fsp3) is 0.310. The largest absolute Gasteiger partial charge is 0.495 e. The Labute approximate surface area is 225 Å². The molecule has 2 amide bonds. The van der Waals surface area contributed by atoms with Crippen molar-refractivity contribution in [3.63, 3.8) is 0 Å². The highest BCUT2D eigenvalue weighted by molar-refractivity contribution is 7.20. The molecule has 0 radical (unpaired) electrons. The van der Waals surface area contributed by atoms with Gasteiger partial charge in [0.15, 0.2) is 0 Å². The fourth-order valence-electron chi connectivity index (χ4n) is 4.44. The molecule has 0 saturated carbocycles. The van der Waals surface area contributed by atoms with E-state index in [2.05, 4.69) is 43.3 Å². The average Bonchev–Trinajstić information content (AvgIpc) is 3.22. The predicted octanol–water partition coefficient (Wildman–Crippen LogP) is 5.91. The van der Waals surface area contributed by atoms with E-state index in [0.717, 1.165) is 28.2 Å². The lowest BCUT2D eigenvalue weighted by Crippen LogP contribution is -2.28. The molecule has 0 bridgehead atoms. The van der Waals surface area contributed by atoms with Crippen LogP contribution in [0.1, 0.15) is 65.9 Å². The van der Waals surface area contributed by atoms with Crippen molar-refractivity contribution in [2.45, 2.75) is 53.0 Å². The number of fused-ring (bicyclic) bond motifs is 1. The van der Waals surface area contributed by atoms with Gasteiger partial charge >= 0.3 is 0 Å². The standard InChI is InChI=1S/C29H32N4O4S/c1-16(2)19-10-9-11-20(17(3)4)25(19)32-23(34)14-33-15-30-28-24(29(33)36)18(5)26(38-28)27(35)31-21-12-7-8-13-22(21)37-6/h7-13,15-17H,14H2,1-6H3,(H,31,35)(H,32,34). The fourth-order valence-corrected chi connectivity index (χ4v) is 5.48. The Bertz CT molecular complexity index is 1540. The summed E-state index contributed by atoms with van der Waals surface area (Å²) in [4.78, 5) is 44.8. The van der Waals surface area contributed by atoms with Crippen LogP contribution in [0.5, 0.6) is 5.75 Å². The zero-order valence-corrected chi connectivity index (χ0v) is 23.2. The lowest BCUT2D eigenvalue weighted by molar-refractivity contribution is -0.116. The van der Waals surface area contributed by atoms with Crippen LogP contribution in [-0.2, 0) is 11.3 Å². The molecular weight excluding hydrogens is 500 g/mol. The number of nitrogens with zero attached hydrogens (tertiary/aromatic N) is 2. The van der Waals surface area contributed by atoms with Crippen molar-refractivity contribution in [1.82, 2.24) is 9.55 Å². The number of methoxy groups -OCH3 is 1. The number of amides is 2. The SMILES string of the molecule is COc1ccccc1NC(=O)c1sc2ncn(CC(=O)Nc3c(C(C)C)cccc3C(C)C)c(=O)c2c1C. The lowest BCUT2D eigenvalue weighted by atomic mass is 9.92. The van der Waals surface area contributed by atoms with Gasteiger partial charge in [-0.05, 0) is 47.6 Å². The summed E-state index contributed by atoms with van der Waals surface area (Å²) in [5, 5.41) is 6.22. The number of para-hydroxylation sites is 3. The van der Waals surface area contributed by atoms with Crippen LogP contribution in [0.2, 0.25) is 0 Å². The molecule has 2 N–H and O–H groups in total. The maximum Gasteiger partial charge on any atom is 0.266 e. The monoisotopic (exact) mass is 532 g/mol. The first kappa shape index (κ1) is 27.1. The minimum Gasteiger partial charge on any atom is -0.495 e. The van der Waals surface area contributed by atoms with Gasteiger partial charge in [-0.2, -0.15) is 0 Å². The molecule has 2 aromatic carbocycles. The van der Waals surface area contributed by atoms with Gasteiger partial charge in [0.25, 0.3) is 11.5 Å². The third-order valence-corrected chi connectivity index (χ3v) is 7.63. The molecule has 0 unspecified atom stereocenters. The topological polar surface area (TPSA) is 102 Å². The molecule has 0 aliphatic carbocycles. The first-order valence-corrected chi connectivity index (χ1v) is 13.3. The van der Waals surface area contributed by atoms with Gasteiger partial charge in [-0.3, -0.25) is 19.0 Å². The van der Waals surface area contributed by atoms with E-state index in [1.807, 2.05) is 24.3 Å². The van der Waals surface area contributed by atoms with E-state index in [1.165, 1.54) is 18.0 Å². The molecule has 0 saturated heterocycles. The smallest absolute Gasteiger partial charge is 0.266 e. The molecule has 2 aromatic heterocycles. The van der Waals surface area contributed by atoms with Gasteiger partial charge in [0.05, 0.1) is 29.4 Å². The number of carbonyl (C=O) groups is 2. The van der Waals surface area contributed by atoms with Crippen molar-refractivity contribution in [3.05, 3.63) is 80.7 Å². The number of benzene rings is 2. The summed E-state index contributed by atoms with van der Waals surface area (Å²) >= 11 is 1.14. The minimum atomic E-state index is -0.364. The zero-order chi connectivity index (χ0) is 27.6. The average molecular weight is 533 g/mol. The molecule has 4 aromatic rings. The summed E-state index contributed by atoms with van der Waals surface area (Å²) < 4.78 is 6.60. The van der Waals surface area contributed by atoms with Gasteiger partial charge in [0.2, 0.25) is 5.91 Å². The number of aromatic nitrogens is 2. The molecule has 198 valence electrons. The van der Waals surface area contributed by atoms with E-state index in [4.69, 9.17) is 4.74 Å². The highest BCUT2D eigenvalue weighted by Crippen LogP contribution is 2.33. The van der Waals surface area contributed by atoms with Crippen molar-refractivity contribution in [3.8, 4) is 5.75 Å². The maximum absolute atomic E-state index is 13.4. The van der Waals surface area contributed by atoms with Crippen molar-refractivity contribution >= 4 is 44.7 Å². The summed E-state index contributed by atoms with van der Waals surface area (Å²) in [5.41, 5.74) is 3.58. The van der Waals surface area contributed by atoms with Crippen LogP contribution in [0.3, 0.4) is 0 Å². The van der Waals surface area contributed by atoms with Crippen LogP contribution >= 0.6 is 11.3 Å². The van der Waals surface area contributed by atoms with E-state index in [-0.39, 0.29) is 35.8 Å². The van der Waals surface area contributed by atoms with Crippen molar-refractivity contribution < 1.29 is 14.3 Å². The van der Waals surface area contributed by atoms with Crippen LogP contribution in [0, 0.1) is 6.92 Å². The Morgan fingerprint density at radius 1 is 1.00 bits per heavy atom. The molecule has 0 spiro atoms. The number of ether oxygens (including phenoxy) is 1. The number of aryl methyl sites for hydroxylation is 1. The highest BCUT2D eigenvalue weighted by atomic mass is 32.1. The van der Waals surface area contributed by atoms with E-state index >= 15 is 0 Å². The van der Waals surface area contributed by atoms with Gasteiger partial charge < -0.3 is 15.4 Å². The molecule has 9 heteroatoms. The molecule has 0 fully saturated rings. The quantitative estimate of drug-likeness (QED) is 0.294. The second kappa shape index (κ2) is 11.2. The van der Waals surface area contributed by atoms with Crippen LogP contribution < -0.4 is 20.9 Å². The zero-order valence-electron chi connectivity index (χ0n) is 22.4. The van der Waals surface area contributed by atoms with Crippen LogP contribution in [-0.4, -0.2) is 28.5 Å². The summed E-state index contributed by atoms with van der Waals surface area (Å²) in [6.07, 6.45) is 1.36. The summed E-state index contributed by atoms with van der Waals surface area (Å²) in [7, 11) is 1.53. The van der Waals surface area contributed by atoms with Gasteiger partial charge in [-0.1, -0.05) is 58.0 Å². The van der Waals surface area contributed by atoms with Crippen molar-refractivity contribution in [2.75, 3.05) is 17.7 Å². The Balaban J connectivity index is 1.62. The van der Waals surface area contributed by atoms with Crippen LogP contribution in [0.25, 0.3) is 10.2 Å². The van der Waals surface area contributed by atoms with Crippen LogP contribution in [0.4, 0.5) is 11.4 Å². The third-order valence-electron chi connectivity index (χ3n) is 6.43. The molecule has 8 nitrogen and oxygen atoms in total. The molecular formula is C29H32N4O4S. The van der Waals surface area contributed by atoms with E-state index < -0.39 is 0 Å². The number of carbonyl (C=O) groups excluding carboxylic acids is 2. The number of rotatable bonds is 8. The van der Waals surface area contributed by atoms with Gasteiger partial charge in [0, 0.05) is 5.69 Å². The number of anilines is 2. The number of hydrogen-bond acceptors (Lipinski definition) is 6. The third kappa shape index (κ3) is 5.33. The first-order chi connectivity index (χ1) is 18.1. The Morgan fingerprint density at radius 2 is 1.66 bits per heavy atom. The summed E-state index contributed by atoms with van der Waals surface area (Å²) in [6.45, 7) is 9.86. The second-order valence-corrected chi connectivity index (χ2v) is 10.7. The van der Waals surface area contributed by atoms with Crippen LogP contribution in [0.15, 0.2) is 53.6 Å². The van der Waals surface area contributed by atoms with E-state index in [1.54, 1.807) is 25.1 Å². The number of hydrogen-bond donors (Lipinski definition) is 2. The van der Waals surface area contributed by atoms with Gasteiger partial charge in [-0.15, -0.1) is 11.3 Å². The molecule has 38 heavy (non-hydrogen) atoms. The maximum atomic E-state index is 13.4. The van der Waals surface area contributed by atoms with Crippen molar-refractivity contribution in [2.24, 2.45) is 0 Å². The minimum absolute atomic E-state index is 0.191. The van der Waals surface area contributed by atoms with Gasteiger partial charge in [0.1, 0.15) is 17.1 Å². The normalized spacial score (nSPS) is 11.3. The predicted molar refractivity (Wildman–Crippen MR) is 153 cm³/mol. The second-order valence-electron chi connectivity index (χ2n) is 9.74. The summed E-state index contributed by atoms with van der Waals surface area (Å²) in [5.74, 6) is 0.304. The van der Waals surface area contributed by atoms with Gasteiger partial charge in [-0.25, -0.2) is 4.98 Å². The summed E-state index contributed by atoms with van der Waals surface area (Å²) in [6, 6.07) is 13.1. The molecule has 2 heterocycles. The van der Waals surface area contributed by atoms with Crippen molar-refractivity contribution in [1.29, 1.82) is 0 Å². The molecule has 0 aliphatic heterocycles. The Hall–Kier alpha value is -3.98. The number of thiophene rings is 1. The van der Waals surface area contributed by atoms with E-state index in [9.17, 15) is 14.4 Å². The Kier molecular flexibility index (Phi) is 7.97. The molecule has 4 rings (SSSR count). The lowest BCUT2D eigenvalue weighted by Gasteiger charge is -2.20. The molecule has 0 atom stereocenters. The van der Waals surface area contributed by atoms with E-state index in [0.29, 0.717) is 32.1 Å². The molecule has 0 aliphatic rings. The Morgan fingerprint density at radius 3 is 2.29 bits per heavy atom.